The Balaban J connectivity index is 1.27. The van der Waals surface area contributed by atoms with Gasteiger partial charge in [-0.2, -0.15) is 0 Å². The summed E-state index contributed by atoms with van der Waals surface area (Å²) in [6, 6.07) is 12.2. The number of aromatic nitrogens is 1. The van der Waals surface area contributed by atoms with Crippen LogP contribution in [-0.4, -0.2) is 40.9 Å². The quantitative estimate of drug-likeness (QED) is 0.619. The van der Waals surface area contributed by atoms with E-state index in [1.54, 1.807) is 6.20 Å². The lowest BCUT2D eigenvalue weighted by molar-refractivity contribution is -0.139. The van der Waals surface area contributed by atoms with Gasteiger partial charge in [-0.3, -0.25) is 14.6 Å². The molecule has 1 aromatic heterocycles. The molecule has 0 unspecified atom stereocenters. The number of rotatable bonds is 6. The third-order valence-corrected chi connectivity index (χ3v) is 9.03. The van der Waals surface area contributed by atoms with E-state index in [4.69, 9.17) is 4.74 Å². The summed E-state index contributed by atoms with van der Waals surface area (Å²) in [6.07, 6.45) is 12.2. The van der Waals surface area contributed by atoms with Crippen LogP contribution in [0.2, 0.25) is 0 Å². The van der Waals surface area contributed by atoms with Gasteiger partial charge in [0, 0.05) is 43.2 Å². The molecule has 6 rings (SSSR count). The molecule has 1 aromatic carbocycles. The average Bonchev–Trinajstić information content (AvgIpc) is 3.62. The molecule has 4 aliphatic rings. The maximum Gasteiger partial charge on any atom is 0.226 e. The number of amides is 2. The average molecular weight is 486 g/mol. The van der Waals surface area contributed by atoms with E-state index in [-0.39, 0.29) is 29.4 Å². The number of fused-ring (bicyclic) bond motifs is 4. The van der Waals surface area contributed by atoms with E-state index >= 15 is 0 Å². The highest BCUT2D eigenvalue weighted by molar-refractivity contribution is 5.80. The second-order valence-corrected chi connectivity index (χ2v) is 10.9. The topological polar surface area (TPSA) is 71.5 Å². The second kappa shape index (κ2) is 9.47. The Morgan fingerprint density at radius 1 is 1.11 bits per heavy atom. The lowest BCUT2D eigenvalue weighted by Gasteiger charge is -2.45. The normalized spacial score (nSPS) is 29.5. The summed E-state index contributed by atoms with van der Waals surface area (Å²) in [7, 11) is 0. The van der Waals surface area contributed by atoms with Crippen molar-refractivity contribution in [2.24, 2.45) is 17.8 Å². The Labute approximate surface area is 213 Å². The number of hydrogen-bond donors (Lipinski definition) is 1. The lowest BCUT2D eigenvalue weighted by Crippen LogP contribution is -2.53. The third-order valence-electron chi connectivity index (χ3n) is 9.03. The number of nitrogens with zero attached hydrogens (tertiary/aromatic N) is 2. The largest absolute Gasteiger partial charge is 0.370 e. The van der Waals surface area contributed by atoms with Gasteiger partial charge in [0.1, 0.15) is 0 Å². The number of hydrogen-bond acceptors (Lipinski definition) is 4. The van der Waals surface area contributed by atoms with Gasteiger partial charge in [0.15, 0.2) is 0 Å². The Morgan fingerprint density at radius 3 is 2.64 bits per heavy atom. The molecular weight excluding hydrogens is 450 g/mol. The predicted molar refractivity (Wildman–Crippen MR) is 137 cm³/mol. The Hall–Kier alpha value is -2.99. The molecule has 1 saturated heterocycles. The summed E-state index contributed by atoms with van der Waals surface area (Å²) in [4.78, 5) is 32.4. The molecule has 188 valence electrons. The van der Waals surface area contributed by atoms with Crippen LogP contribution < -0.4 is 5.32 Å². The predicted octanol–water partition coefficient (Wildman–Crippen LogP) is 4.32. The number of nitrogens with one attached hydrogen (secondary N) is 1. The van der Waals surface area contributed by atoms with Crippen LogP contribution in [0, 0.1) is 17.8 Å². The van der Waals surface area contributed by atoms with Crippen molar-refractivity contribution in [3.63, 3.8) is 0 Å². The molecule has 5 atom stereocenters. The highest BCUT2D eigenvalue weighted by Gasteiger charge is 2.55. The van der Waals surface area contributed by atoms with Crippen molar-refractivity contribution in [2.45, 2.75) is 63.2 Å². The van der Waals surface area contributed by atoms with Crippen LogP contribution in [0.5, 0.6) is 0 Å². The van der Waals surface area contributed by atoms with Crippen molar-refractivity contribution in [2.75, 3.05) is 13.1 Å². The van der Waals surface area contributed by atoms with E-state index in [2.05, 4.69) is 45.6 Å². The maximum absolute atomic E-state index is 13.5. The molecule has 2 amide bonds. The standard InChI is InChI=1S/C30H35N3O3/c1-2-26(34)32-27-23-7-3-4-8-25(23)30(28(27)36-19-21-6-5-13-31-18-21)11-14-33(15-12-30)29(35)24-17-20-9-10-22(24)16-20/h3-10,13,18,20,22,24,27-28H,2,11-12,14-17,19H2,1H3,(H,32,34)/t20-,22+,24+,27-,28+/m0/s1. The molecule has 6 nitrogen and oxygen atoms in total. The molecule has 1 aliphatic heterocycles. The van der Waals surface area contributed by atoms with Crippen LogP contribution in [0.25, 0.3) is 0 Å². The number of allylic oxidation sites excluding steroid dienone is 2. The SMILES string of the molecule is CCC(=O)N[C@H]1c2ccccc2C2(CCN(C(=O)[C@@H]3C[C@H]4C=C[C@@H]3C4)CC2)[C@@H]1OCc1cccnc1. The fraction of sp³-hybridized carbons (Fsp3) is 0.500. The number of pyridine rings is 1. The Morgan fingerprint density at radius 2 is 1.94 bits per heavy atom. The number of benzene rings is 1. The summed E-state index contributed by atoms with van der Waals surface area (Å²) < 4.78 is 6.69. The van der Waals surface area contributed by atoms with Crippen molar-refractivity contribution >= 4 is 11.8 Å². The Bertz CT molecular complexity index is 1160. The van der Waals surface area contributed by atoms with Crippen molar-refractivity contribution in [1.82, 2.24) is 15.2 Å². The van der Waals surface area contributed by atoms with Crippen molar-refractivity contribution in [1.29, 1.82) is 0 Å². The van der Waals surface area contributed by atoms with Crippen LogP contribution in [0.1, 0.15) is 61.8 Å². The first-order valence-electron chi connectivity index (χ1n) is 13.5. The van der Waals surface area contributed by atoms with Gasteiger partial charge >= 0.3 is 0 Å². The Kier molecular flexibility index (Phi) is 6.16. The summed E-state index contributed by atoms with van der Waals surface area (Å²) >= 11 is 0. The molecule has 3 aliphatic carbocycles. The lowest BCUT2D eigenvalue weighted by atomic mass is 9.71. The summed E-state index contributed by atoms with van der Waals surface area (Å²) in [5, 5.41) is 3.27. The van der Waals surface area contributed by atoms with E-state index in [0.29, 0.717) is 30.8 Å². The number of ether oxygens (including phenoxy) is 1. The molecule has 1 N–H and O–H groups in total. The molecule has 36 heavy (non-hydrogen) atoms. The number of carbonyl (C=O) groups excluding carboxylic acids is 2. The molecule has 2 heterocycles. The first kappa shape index (κ1) is 23.4. The van der Waals surface area contributed by atoms with Gasteiger partial charge in [0.05, 0.1) is 18.8 Å². The summed E-state index contributed by atoms with van der Waals surface area (Å²) in [6.45, 7) is 3.78. The van der Waals surface area contributed by atoms with E-state index in [1.165, 1.54) is 5.56 Å². The van der Waals surface area contributed by atoms with Crippen LogP contribution in [0.4, 0.5) is 0 Å². The molecule has 6 heteroatoms. The van der Waals surface area contributed by atoms with Crippen LogP contribution in [0.3, 0.4) is 0 Å². The highest BCUT2D eigenvalue weighted by atomic mass is 16.5. The molecular formula is C30H35N3O3. The summed E-state index contributed by atoms with van der Waals surface area (Å²) in [5.41, 5.74) is 3.18. The van der Waals surface area contributed by atoms with Crippen molar-refractivity contribution in [3.05, 3.63) is 77.6 Å². The number of likely N-dealkylation sites (tertiary alicyclic amines) is 1. The zero-order valence-corrected chi connectivity index (χ0v) is 20.9. The minimum Gasteiger partial charge on any atom is -0.370 e. The fourth-order valence-corrected chi connectivity index (χ4v) is 7.19. The number of carbonyl (C=O) groups is 2. The van der Waals surface area contributed by atoms with Crippen molar-refractivity contribution in [3.8, 4) is 0 Å². The van der Waals surface area contributed by atoms with E-state index in [9.17, 15) is 9.59 Å². The van der Waals surface area contributed by atoms with Gasteiger partial charge in [-0.25, -0.2) is 0 Å². The first-order valence-corrected chi connectivity index (χ1v) is 13.5. The minimum atomic E-state index is -0.240. The summed E-state index contributed by atoms with van der Waals surface area (Å²) in [5.74, 6) is 1.53. The van der Waals surface area contributed by atoms with E-state index in [1.807, 2.05) is 31.3 Å². The fourth-order valence-electron chi connectivity index (χ4n) is 7.19. The molecule has 2 bridgehead atoms. The first-order chi connectivity index (χ1) is 17.6. The van der Waals surface area contributed by atoms with Gasteiger partial charge in [-0.1, -0.05) is 49.4 Å². The molecule has 1 saturated carbocycles. The zero-order valence-electron chi connectivity index (χ0n) is 20.9. The smallest absolute Gasteiger partial charge is 0.226 e. The molecule has 2 fully saturated rings. The highest BCUT2D eigenvalue weighted by Crippen LogP contribution is 2.53. The third kappa shape index (κ3) is 3.96. The van der Waals surface area contributed by atoms with E-state index in [0.717, 1.165) is 49.9 Å². The van der Waals surface area contributed by atoms with Gasteiger partial charge in [0.2, 0.25) is 11.8 Å². The number of piperidine rings is 1. The maximum atomic E-state index is 13.5. The zero-order chi connectivity index (χ0) is 24.7. The second-order valence-electron chi connectivity index (χ2n) is 10.9. The van der Waals surface area contributed by atoms with E-state index < -0.39 is 0 Å². The van der Waals surface area contributed by atoms with Gasteiger partial charge in [0.25, 0.3) is 0 Å². The van der Waals surface area contributed by atoms with Gasteiger partial charge < -0.3 is 15.0 Å². The molecule has 2 aromatic rings. The van der Waals surface area contributed by atoms with Gasteiger partial charge in [-0.05, 0) is 60.3 Å². The molecule has 1 spiro atoms. The van der Waals surface area contributed by atoms with Crippen LogP contribution in [0.15, 0.2) is 60.9 Å². The molecule has 0 radical (unpaired) electrons. The minimum absolute atomic E-state index is 0.0267. The van der Waals surface area contributed by atoms with Crippen LogP contribution >= 0.6 is 0 Å². The van der Waals surface area contributed by atoms with Crippen molar-refractivity contribution < 1.29 is 14.3 Å². The monoisotopic (exact) mass is 485 g/mol. The van der Waals surface area contributed by atoms with Gasteiger partial charge in [-0.15, -0.1) is 0 Å². The van der Waals surface area contributed by atoms with Crippen LogP contribution in [-0.2, 0) is 26.3 Å².